The Hall–Kier alpha value is -0.670. The van der Waals surface area contributed by atoms with E-state index in [-0.39, 0.29) is 0 Å². The van der Waals surface area contributed by atoms with Crippen LogP contribution in [-0.4, -0.2) is 9.96 Å². The number of hydrogen-bond donors (Lipinski definition) is 1. The van der Waals surface area contributed by atoms with Gasteiger partial charge in [0.05, 0.1) is 11.0 Å². The number of aryl methyl sites for hydroxylation is 2. The Morgan fingerprint density at radius 3 is 2.67 bits per heavy atom. The third kappa shape index (κ3) is 2.75. The summed E-state index contributed by atoms with van der Waals surface area (Å²) in [5.41, 5.74) is 2.47. The van der Waals surface area contributed by atoms with Gasteiger partial charge in [-0.2, -0.15) is 0 Å². The maximum absolute atomic E-state index is 10.6. The molecule has 1 aromatic rings. The van der Waals surface area contributed by atoms with E-state index in [2.05, 4.69) is 13.0 Å². The lowest BCUT2D eigenvalue weighted by molar-refractivity contribution is 0.683. The Bertz CT molecular complexity index is 286. The summed E-state index contributed by atoms with van der Waals surface area (Å²) in [6.07, 6.45) is 0.801. The van der Waals surface area contributed by atoms with E-state index in [9.17, 15) is 4.21 Å². The Morgan fingerprint density at radius 1 is 1.42 bits per heavy atom. The van der Waals surface area contributed by atoms with Crippen molar-refractivity contribution in [2.24, 2.45) is 5.14 Å². The van der Waals surface area contributed by atoms with Crippen LogP contribution in [-0.2, 0) is 17.4 Å². The fourth-order valence-electron chi connectivity index (χ4n) is 1.10. The molecule has 2 N–H and O–H groups in total. The SMILES string of the molecule is Cc1ccccc1CC[S@](N)=O. The van der Waals surface area contributed by atoms with Gasteiger partial charge in [-0.05, 0) is 24.5 Å². The molecular weight excluding hydrogens is 170 g/mol. The molecule has 0 spiro atoms. The standard InChI is InChI=1S/C9H13NOS/c1-8-4-2-3-5-9(8)6-7-12(10)11/h2-5H,6-7,10H2,1H3/t12-/m1/s1. The van der Waals surface area contributed by atoms with Crippen LogP contribution in [0.25, 0.3) is 0 Å². The molecule has 0 saturated carbocycles. The summed E-state index contributed by atoms with van der Waals surface area (Å²) >= 11 is 0. The lowest BCUT2D eigenvalue weighted by Gasteiger charge is -2.02. The van der Waals surface area contributed by atoms with E-state index < -0.39 is 11.0 Å². The highest BCUT2D eigenvalue weighted by atomic mass is 32.2. The highest BCUT2D eigenvalue weighted by Gasteiger charge is 1.97. The van der Waals surface area contributed by atoms with Crippen LogP contribution in [0.2, 0.25) is 0 Å². The van der Waals surface area contributed by atoms with Crippen molar-refractivity contribution in [3.63, 3.8) is 0 Å². The Balaban J connectivity index is 2.63. The van der Waals surface area contributed by atoms with Gasteiger partial charge in [0.2, 0.25) is 0 Å². The smallest absolute Gasteiger partial charge is 0.0891 e. The first-order valence-electron chi connectivity index (χ1n) is 3.87. The summed E-state index contributed by atoms with van der Waals surface area (Å²) in [6, 6.07) is 8.08. The maximum atomic E-state index is 10.6. The van der Waals surface area contributed by atoms with E-state index in [4.69, 9.17) is 5.14 Å². The minimum absolute atomic E-state index is 0.546. The molecule has 2 nitrogen and oxygen atoms in total. The van der Waals surface area contributed by atoms with Gasteiger partial charge in [-0.15, -0.1) is 0 Å². The van der Waals surface area contributed by atoms with Crippen molar-refractivity contribution in [2.45, 2.75) is 13.3 Å². The molecule has 0 amide bonds. The molecule has 0 fully saturated rings. The predicted molar refractivity (Wildman–Crippen MR) is 52.1 cm³/mol. The molecule has 0 bridgehead atoms. The third-order valence-corrected chi connectivity index (χ3v) is 2.44. The fraction of sp³-hybridized carbons (Fsp3) is 0.333. The van der Waals surface area contributed by atoms with Crippen LogP contribution in [0.15, 0.2) is 24.3 Å². The predicted octanol–water partition coefficient (Wildman–Crippen LogP) is 1.16. The van der Waals surface area contributed by atoms with Gasteiger partial charge >= 0.3 is 0 Å². The molecule has 66 valence electrons. The number of benzene rings is 1. The van der Waals surface area contributed by atoms with Crippen molar-refractivity contribution < 1.29 is 4.21 Å². The van der Waals surface area contributed by atoms with Crippen LogP contribution in [0.5, 0.6) is 0 Å². The molecule has 3 heteroatoms. The van der Waals surface area contributed by atoms with Crippen LogP contribution in [0.1, 0.15) is 11.1 Å². The Labute approximate surface area is 75.4 Å². The molecule has 1 rings (SSSR count). The van der Waals surface area contributed by atoms with Gasteiger partial charge in [0.15, 0.2) is 0 Å². The quantitative estimate of drug-likeness (QED) is 0.750. The zero-order chi connectivity index (χ0) is 8.97. The average molecular weight is 183 g/mol. The van der Waals surface area contributed by atoms with Crippen LogP contribution in [0.3, 0.4) is 0 Å². The topological polar surface area (TPSA) is 43.1 Å². The summed E-state index contributed by atoms with van der Waals surface area (Å²) < 4.78 is 10.6. The van der Waals surface area contributed by atoms with Gasteiger partial charge < -0.3 is 0 Å². The second-order valence-electron chi connectivity index (χ2n) is 2.76. The lowest BCUT2D eigenvalue weighted by Crippen LogP contribution is -2.09. The van der Waals surface area contributed by atoms with E-state index in [0.29, 0.717) is 5.75 Å². The van der Waals surface area contributed by atoms with E-state index in [1.54, 1.807) is 0 Å². The van der Waals surface area contributed by atoms with Crippen molar-refractivity contribution in [3.8, 4) is 0 Å². The van der Waals surface area contributed by atoms with Gasteiger partial charge in [-0.1, -0.05) is 24.3 Å². The average Bonchev–Trinajstić information content (AvgIpc) is 2.03. The zero-order valence-electron chi connectivity index (χ0n) is 7.12. The highest BCUT2D eigenvalue weighted by Crippen LogP contribution is 2.07. The normalized spacial score (nSPS) is 12.8. The van der Waals surface area contributed by atoms with Gasteiger partial charge in [-0.25, -0.2) is 4.21 Å². The number of rotatable bonds is 3. The van der Waals surface area contributed by atoms with E-state index in [0.717, 1.165) is 6.42 Å². The molecule has 0 aliphatic rings. The van der Waals surface area contributed by atoms with Crippen LogP contribution in [0.4, 0.5) is 0 Å². The van der Waals surface area contributed by atoms with Gasteiger partial charge in [0.1, 0.15) is 0 Å². The molecule has 0 heterocycles. The monoisotopic (exact) mass is 183 g/mol. The van der Waals surface area contributed by atoms with Crippen molar-refractivity contribution in [1.82, 2.24) is 0 Å². The van der Waals surface area contributed by atoms with E-state index in [1.165, 1.54) is 11.1 Å². The lowest BCUT2D eigenvalue weighted by atomic mass is 10.1. The first kappa shape index (κ1) is 9.42. The summed E-state index contributed by atoms with van der Waals surface area (Å²) in [6.45, 7) is 2.05. The largest absolute Gasteiger partial charge is 0.252 e. The molecule has 0 radical (unpaired) electrons. The molecule has 0 aliphatic heterocycles. The van der Waals surface area contributed by atoms with Gasteiger partial charge in [0.25, 0.3) is 0 Å². The molecule has 0 saturated heterocycles. The summed E-state index contributed by atoms with van der Waals surface area (Å²) in [7, 11) is -1.17. The molecule has 12 heavy (non-hydrogen) atoms. The number of nitrogens with two attached hydrogens (primary N) is 1. The van der Waals surface area contributed by atoms with Crippen LogP contribution >= 0.6 is 0 Å². The van der Waals surface area contributed by atoms with Crippen molar-refractivity contribution >= 4 is 11.0 Å². The van der Waals surface area contributed by atoms with Crippen molar-refractivity contribution in [3.05, 3.63) is 35.4 Å². The molecule has 0 aromatic heterocycles. The minimum atomic E-state index is -1.17. The highest BCUT2D eigenvalue weighted by molar-refractivity contribution is 7.82. The molecular formula is C9H13NOS. The first-order chi connectivity index (χ1) is 5.70. The summed E-state index contributed by atoms with van der Waals surface area (Å²) in [4.78, 5) is 0. The van der Waals surface area contributed by atoms with E-state index >= 15 is 0 Å². The summed E-state index contributed by atoms with van der Waals surface area (Å²) in [5.74, 6) is 0.546. The van der Waals surface area contributed by atoms with Crippen molar-refractivity contribution in [2.75, 3.05) is 5.75 Å². The van der Waals surface area contributed by atoms with Gasteiger partial charge in [-0.3, -0.25) is 5.14 Å². The van der Waals surface area contributed by atoms with Crippen LogP contribution in [0, 0.1) is 6.92 Å². The maximum Gasteiger partial charge on any atom is 0.0891 e. The third-order valence-electron chi connectivity index (χ3n) is 1.83. The van der Waals surface area contributed by atoms with E-state index in [1.807, 2.05) is 18.2 Å². The minimum Gasteiger partial charge on any atom is -0.252 e. The van der Waals surface area contributed by atoms with Crippen molar-refractivity contribution in [1.29, 1.82) is 0 Å². The molecule has 1 atom stereocenters. The molecule has 0 unspecified atom stereocenters. The Morgan fingerprint density at radius 2 is 2.08 bits per heavy atom. The molecule has 0 aliphatic carbocycles. The zero-order valence-corrected chi connectivity index (χ0v) is 7.93. The fourth-order valence-corrected chi connectivity index (χ4v) is 1.52. The first-order valence-corrected chi connectivity index (χ1v) is 5.25. The van der Waals surface area contributed by atoms with Crippen LogP contribution < -0.4 is 5.14 Å². The second-order valence-corrected chi connectivity index (χ2v) is 3.93. The Kier molecular flexibility index (Phi) is 3.44. The molecule has 1 aromatic carbocycles. The van der Waals surface area contributed by atoms with Gasteiger partial charge in [0, 0.05) is 5.75 Å². The second kappa shape index (κ2) is 4.38. The summed E-state index contributed by atoms with van der Waals surface area (Å²) in [5, 5.41) is 5.16. The number of hydrogen-bond acceptors (Lipinski definition) is 1.